The molecular formula is C29H44O5SSi. The van der Waals surface area contributed by atoms with E-state index in [9.17, 15) is 14.7 Å². The first kappa shape index (κ1) is 30.3. The van der Waals surface area contributed by atoms with E-state index in [0.29, 0.717) is 24.4 Å². The van der Waals surface area contributed by atoms with Gasteiger partial charge in [0.25, 0.3) is 0 Å². The Labute approximate surface area is 221 Å². The van der Waals surface area contributed by atoms with Crippen LogP contribution in [0.1, 0.15) is 105 Å². The van der Waals surface area contributed by atoms with Crippen molar-refractivity contribution in [3.05, 3.63) is 55.3 Å². The minimum Gasteiger partial charge on any atom is -0.507 e. The normalized spacial score (nSPS) is 13.7. The smallest absolute Gasteiger partial charge is 0.351 e. The average molecular weight is 533 g/mol. The number of Topliss-reactive ketones (excluding diaryl/α,β-unsaturated/α-hetero) is 1. The van der Waals surface area contributed by atoms with Gasteiger partial charge < -0.3 is 13.9 Å². The second kappa shape index (κ2) is 13.0. The fourth-order valence-corrected chi connectivity index (χ4v) is 5.75. The number of allylic oxidation sites excluding steroid dienone is 1. The molecule has 2 heterocycles. The standard InChI is InChI=1S/C29H44O5SSi/c1-9-11-14-22-15-16-23(35-22)18-21(10-2)27(31)26-24(30)19-25(34-28(26)32)20(3)13-12-17-33-36(7,8)29(4,5)6/h15-16,18-20,30H,9-14,17H2,1-8H3. The lowest BCUT2D eigenvalue weighted by molar-refractivity contribution is 0.102. The number of ketones is 1. The summed E-state index contributed by atoms with van der Waals surface area (Å²) in [6, 6.07) is 5.51. The highest BCUT2D eigenvalue weighted by atomic mass is 32.1. The van der Waals surface area contributed by atoms with Crippen LogP contribution in [0.2, 0.25) is 18.1 Å². The molecule has 200 valence electrons. The molecule has 1 atom stereocenters. The van der Waals surface area contributed by atoms with E-state index >= 15 is 0 Å². The molecule has 0 saturated carbocycles. The fraction of sp³-hybridized carbons (Fsp3) is 0.586. The van der Waals surface area contributed by atoms with E-state index in [2.05, 4.69) is 46.9 Å². The van der Waals surface area contributed by atoms with Gasteiger partial charge in [-0.15, -0.1) is 11.3 Å². The van der Waals surface area contributed by atoms with Gasteiger partial charge in [0, 0.05) is 33.9 Å². The third-order valence-corrected chi connectivity index (χ3v) is 12.8. The Hall–Kier alpha value is -1.96. The van der Waals surface area contributed by atoms with Gasteiger partial charge in [0.15, 0.2) is 14.1 Å². The van der Waals surface area contributed by atoms with Crippen molar-refractivity contribution in [3.8, 4) is 5.75 Å². The van der Waals surface area contributed by atoms with Crippen LogP contribution in [0.15, 0.2) is 33.0 Å². The van der Waals surface area contributed by atoms with E-state index in [1.807, 2.05) is 26.0 Å². The number of unbranched alkanes of at least 4 members (excludes halogenated alkanes) is 1. The number of thiophene rings is 1. The maximum Gasteiger partial charge on any atom is 0.351 e. The number of hydrogen-bond donors (Lipinski definition) is 1. The molecule has 0 amide bonds. The maximum atomic E-state index is 13.2. The molecule has 0 fully saturated rings. The van der Waals surface area contributed by atoms with E-state index in [1.165, 1.54) is 10.9 Å². The number of aromatic hydroxyl groups is 1. The summed E-state index contributed by atoms with van der Waals surface area (Å²) in [6.45, 7) is 17.7. The monoisotopic (exact) mass is 532 g/mol. The molecule has 0 bridgehead atoms. The minimum atomic E-state index is -1.80. The molecule has 2 aromatic heterocycles. The molecule has 1 N–H and O–H groups in total. The van der Waals surface area contributed by atoms with Crippen molar-refractivity contribution >= 4 is 31.5 Å². The number of carbonyl (C=O) groups is 1. The second-order valence-electron chi connectivity index (χ2n) is 11.1. The topological polar surface area (TPSA) is 76.7 Å². The van der Waals surface area contributed by atoms with Gasteiger partial charge in [0.05, 0.1) is 0 Å². The molecule has 0 aliphatic carbocycles. The van der Waals surface area contributed by atoms with E-state index < -0.39 is 19.7 Å². The molecule has 0 aliphatic rings. The van der Waals surface area contributed by atoms with Gasteiger partial charge in [0.2, 0.25) is 0 Å². The third-order valence-electron chi connectivity index (χ3n) is 7.16. The first-order valence-corrected chi connectivity index (χ1v) is 16.9. The molecule has 0 radical (unpaired) electrons. The van der Waals surface area contributed by atoms with Crippen LogP contribution in [-0.2, 0) is 10.8 Å². The first-order valence-electron chi connectivity index (χ1n) is 13.2. The second-order valence-corrected chi connectivity index (χ2v) is 17.1. The molecule has 0 saturated heterocycles. The van der Waals surface area contributed by atoms with Crippen molar-refractivity contribution < 1.29 is 18.7 Å². The number of rotatable bonds is 13. The molecule has 0 aliphatic heterocycles. The molecular weight excluding hydrogens is 488 g/mol. The number of aryl methyl sites for hydroxylation is 1. The van der Waals surface area contributed by atoms with Crippen LogP contribution in [0.3, 0.4) is 0 Å². The summed E-state index contributed by atoms with van der Waals surface area (Å²) in [7, 11) is -1.80. The van der Waals surface area contributed by atoms with Crippen molar-refractivity contribution in [2.24, 2.45) is 0 Å². The SMILES string of the molecule is CCCCc1ccc(C=C(CC)C(=O)c2c(O)cc(C(C)CCCO[Si](C)(C)C(C)(C)C)oc2=O)s1. The Morgan fingerprint density at radius 1 is 1.22 bits per heavy atom. The highest BCUT2D eigenvalue weighted by Crippen LogP contribution is 2.37. The molecule has 0 aromatic carbocycles. The molecule has 2 rings (SSSR count). The summed E-state index contributed by atoms with van der Waals surface area (Å²) < 4.78 is 11.8. The zero-order valence-corrected chi connectivity index (χ0v) is 25.1. The summed E-state index contributed by atoms with van der Waals surface area (Å²) in [5.74, 6) is -0.481. The molecule has 7 heteroatoms. The maximum absolute atomic E-state index is 13.2. The fourth-order valence-electron chi connectivity index (χ4n) is 3.64. The summed E-state index contributed by atoms with van der Waals surface area (Å²) in [5, 5.41) is 10.8. The van der Waals surface area contributed by atoms with Gasteiger partial charge in [-0.3, -0.25) is 4.79 Å². The lowest BCUT2D eigenvalue weighted by atomic mass is 9.98. The lowest BCUT2D eigenvalue weighted by Crippen LogP contribution is -2.41. The van der Waals surface area contributed by atoms with Gasteiger partial charge in [-0.25, -0.2) is 4.79 Å². The minimum absolute atomic E-state index is 0.0791. The summed E-state index contributed by atoms with van der Waals surface area (Å²) >= 11 is 1.66. The van der Waals surface area contributed by atoms with Crippen LogP contribution in [0.25, 0.3) is 6.08 Å². The van der Waals surface area contributed by atoms with E-state index in [4.69, 9.17) is 8.84 Å². The predicted octanol–water partition coefficient (Wildman–Crippen LogP) is 8.33. The van der Waals surface area contributed by atoms with Crippen LogP contribution in [0.4, 0.5) is 0 Å². The Kier molecular flexibility index (Phi) is 10.9. The Balaban J connectivity index is 2.11. The highest BCUT2D eigenvalue weighted by Gasteiger charge is 2.36. The average Bonchev–Trinajstić information content (AvgIpc) is 3.24. The number of hydrogen-bond acceptors (Lipinski definition) is 6. The van der Waals surface area contributed by atoms with Crippen LogP contribution >= 0.6 is 11.3 Å². The van der Waals surface area contributed by atoms with Gasteiger partial charge >= 0.3 is 5.63 Å². The highest BCUT2D eigenvalue weighted by molar-refractivity contribution is 7.12. The third kappa shape index (κ3) is 8.02. The molecule has 0 spiro atoms. The first-order chi connectivity index (χ1) is 16.8. The van der Waals surface area contributed by atoms with Crippen molar-refractivity contribution in [3.63, 3.8) is 0 Å². The van der Waals surface area contributed by atoms with Gasteiger partial charge in [-0.2, -0.15) is 0 Å². The Bertz CT molecular complexity index is 1100. The van der Waals surface area contributed by atoms with Crippen LogP contribution in [0, 0.1) is 0 Å². The summed E-state index contributed by atoms with van der Waals surface area (Å²) in [6.07, 6.45) is 7.14. The van der Waals surface area contributed by atoms with Crippen molar-refractivity contribution in [1.29, 1.82) is 0 Å². The lowest BCUT2D eigenvalue weighted by Gasteiger charge is -2.36. The van der Waals surface area contributed by atoms with Crippen LogP contribution in [0.5, 0.6) is 5.75 Å². The quantitative estimate of drug-likeness (QED) is 0.121. The van der Waals surface area contributed by atoms with Crippen LogP contribution < -0.4 is 5.63 Å². The van der Waals surface area contributed by atoms with E-state index in [-0.39, 0.29) is 22.3 Å². The van der Waals surface area contributed by atoms with Gasteiger partial charge in [0.1, 0.15) is 17.1 Å². The summed E-state index contributed by atoms with van der Waals surface area (Å²) in [5.41, 5.74) is -0.596. The Morgan fingerprint density at radius 3 is 2.50 bits per heavy atom. The molecule has 2 aromatic rings. The summed E-state index contributed by atoms with van der Waals surface area (Å²) in [4.78, 5) is 28.2. The zero-order valence-electron chi connectivity index (χ0n) is 23.3. The molecule has 1 unspecified atom stereocenters. The van der Waals surface area contributed by atoms with Crippen LogP contribution in [-0.4, -0.2) is 25.8 Å². The molecule has 5 nitrogen and oxygen atoms in total. The van der Waals surface area contributed by atoms with Crippen molar-refractivity contribution in [2.75, 3.05) is 6.61 Å². The van der Waals surface area contributed by atoms with Gasteiger partial charge in [-0.1, -0.05) is 48.0 Å². The van der Waals surface area contributed by atoms with E-state index in [0.717, 1.165) is 37.0 Å². The van der Waals surface area contributed by atoms with Crippen molar-refractivity contribution in [2.45, 2.75) is 104 Å². The van der Waals surface area contributed by atoms with Crippen molar-refractivity contribution in [1.82, 2.24) is 0 Å². The largest absolute Gasteiger partial charge is 0.507 e. The molecule has 36 heavy (non-hydrogen) atoms. The zero-order chi connectivity index (χ0) is 27.1. The Morgan fingerprint density at radius 2 is 1.92 bits per heavy atom. The number of carbonyl (C=O) groups excluding carboxylic acids is 1. The van der Waals surface area contributed by atoms with E-state index in [1.54, 1.807) is 11.3 Å². The predicted molar refractivity (Wildman–Crippen MR) is 153 cm³/mol. The van der Waals surface area contributed by atoms with Gasteiger partial charge in [-0.05, 0) is 68.4 Å².